The molecule has 0 spiro atoms. The van der Waals surface area contributed by atoms with Gasteiger partial charge in [0.15, 0.2) is 0 Å². The van der Waals surface area contributed by atoms with Gasteiger partial charge >= 0.3 is 0 Å². The fraction of sp³-hybridized carbons (Fsp3) is 0.667. The van der Waals surface area contributed by atoms with Crippen molar-refractivity contribution in [1.82, 2.24) is 20.8 Å². The Kier molecular flexibility index (Phi) is 5.96. The molecule has 16 heavy (non-hydrogen) atoms. The van der Waals surface area contributed by atoms with Crippen LogP contribution in [-0.4, -0.2) is 29.8 Å². The Bertz CT molecular complexity index is 312. The first-order valence-corrected chi connectivity index (χ1v) is 6.01. The Balaban J connectivity index is 2.42. The van der Waals surface area contributed by atoms with Crippen LogP contribution in [0.2, 0.25) is 0 Å². The predicted molar refractivity (Wildman–Crippen MR) is 66.4 cm³/mol. The third-order valence-corrected chi connectivity index (χ3v) is 2.46. The highest BCUT2D eigenvalue weighted by Crippen LogP contribution is 2.06. The number of hydrogen-bond acceptors (Lipinski definition) is 4. The van der Waals surface area contributed by atoms with Crippen LogP contribution >= 0.6 is 0 Å². The van der Waals surface area contributed by atoms with Gasteiger partial charge in [-0.25, -0.2) is 0 Å². The number of likely N-dealkylation sites (N-methyl/N-ethyl adjacent to an activating group) is 1. The lowest BCUT2D eigenvalue weighted by molar-refractivity contribution is 0.619. The molecule has 0 aliphatic rings. The van der Waals surface area contributed by atoms with Crippen molar-refractivity contribution in [2.75, 3.05) is 19.6 Å². The molecule has 0 radical (unpaired) electrons. The van der Waals surface area contributed by atoms with E-state index >= 15 is 0 Å². The van der Waals surface area contributed by atoms with E-state index in [4.69, 9.17) is 0 Å². The molecule has 1 heterocycles. The van der Waals surface area contributed by atoms with Crippen LogP contribution in [0.15, 0.2) is 6.07 Å². The molecule has 0 aliphatic carbocycles. The van der Waals surface area contributed by atoms with Crippen molar-refractivity contribution >= 4 is 0 Å². The lowest BCUT2D eigenvalue weighted by Gasteiger charge is -2.08. The Labute approximate surface area is 97.9 Å². The first-order valence-electron chi connectivity index (χ1n) is 6.01. The van der Waals surface area contributed by atoms with Crippen molar-refractivity contribution in [3.05, 3.63) is 23.0 Å². The first kappa shape index (κ1) is 13.1. The van der Waals surface area contributed by atoms with E-state index < -0.39 is 0 Å². The maximum atomic E-state index is 4.21. The molecule has 1 aromatic rings. The molecule has 0 saturated carbocycles. The summed E-state index contributed by atoms with van der Waals surface area (Å²) in [5.41, 5.74) is 3.36. The summed E-state index contributed by atoms with van der Waals surface area (Å²) in [6, 6.07) is 2.12. The summed E-state index contributed by atoms with van der Waals surface area (Å²) in [7, 11) is 0. The molecule has 0 aromatic carbocycles. The van der Waals surface area contributed by atoms with Gasteiger partial charge in [0.25, 0.3) is 0 Å². The van der Waals surface area contributed by atoms with E-state index in [0.717, 1.165) is 44.0 Å². The molecule has 2 N–H and O–H groups in total. The van der Waals surface area contributed by atoms with Crippen LogP contribution < -0.4 is 10.6 Å². The van der Waals surface area contributed by atoms with E-state index in [0.29, 0.717) is 0 Å². The number of hydrogen-bond donors (Lipinski definition) is 2. The van der Waals surface area contributed by atoms with E-state index in [9.17, 15) is 0 Å². The largest absolute Gasteiger partial charge is 0.316 e. The van der Waals surface area contributed by atoms with Gasteiger partial charge in [-0.1, -0.05) is 13.8 Å². The molecule has 4 heteroatoms. The quantitative estimate of drug-likeness (QED) is 0.677. The second kappa shape index (κ2) is 7.30. The van der Waals surface area contributed by atoms with Crippen LogP contribution in [0, 0.1) is 6.92 Å². The van der Waals surface area contributed by atoms with E-state index in [2.05, 4.69) is 40.7 Å². The average Bonchev–Trinajstić information content (AvgIpc) is 2.29. The molecule has 0 bridgehead atoms. The lowest BCUT2D eigenvalue weighted by Crippen LogP contribution is -2.27. The van der Waals surface area contributed by atoms with Gasteiger partial charge < -0.3 is 10.6 Å². The van der Waals surface area contributed by atoms with Gasteiger partial charge in [0.05, 0.1) is 11.4 Å². The Hall–Kier alpha value is -1.00. The summed E-state index contributed by atoms with van der Waals surface area (Å²) in [6.07, 6.45) is 0.942. The van der Waals surface area contributed by atoms with E-state index in [1.807, 2.05) is 6.92 Å². The number of nitrogens with one attached hydrogen (secondary N) is 2. The van der Waals surface area contributed by atoms with Crippen molar-refractivity contribution < 1.29 is 0 Å². The molecule has 4 nitrogen and oxygen atoms in total. The summed E-state index contributed by atoms with van der Waals surface area (Å²) in [4.78, 5) is 0. The molecular formula is C12H22N4. The summed E-state index contributed by atoms with van der Waals surface area (Å²) in [6.45, 7) is 10.1. The Morgan fingerprint density at radius 1 is 1.12 bits per heavy atom. The SMILES string of the molecule is CCNCCNCc1cc(C)nnc1CC. The topological polar surface area (TPSA) is 49.8 Å². The van der Waals surface area contributed by atoms with Gasteiger partial charge in [0.1, 0.15) is 0 Å². The molecule has 0 aliphatic heterocycles. The molecule has 0 atom stereocenters. The highest BCUT2D eigenvalue weighted by atomic mass is 15.1. The van der Waals surface area contributed by atoms with E-state index in [1.54, 1.807) is 0 Å². The number of nitrogens with zero attached hydrogens (tertiary/aromatic N) is 2. The van der Waals surface area contributed by atoms with Crippen molar-refractivity contribution in [1.29, 1.82) is 0 Å². The average molecular weight is 222 g/mol. The van der Waals surface area contributed by atoms with Crippen LogP contribution in [0.3, 0.4) is 0 Å². The van der Waals surface area contributed by atoms with Gasteiger partial charge in [0.2, 0.25) is 0 Å². The fourth-order valence-electron chi connectivity index (χ4n) is 1.60. The first-order chi connectivity index (χ1) is 7.77. The highest BCUT2D eigenvalue weighted by Gasteiger charge is 2.03. The molecule has 1 rings (SSSR count). The van der Waals surface area contributed by atoms with Crippen molar-refractivity contribution in [2.45, 2.75) is 33.7 Å². The molecule has 1 aromatic heterocycles. The minimum Gasteiger partial charge on any atom is -0.316 e. The summed E-state index contributed by atoms with van der Waals surface area (Å²) < 4.78 is 0. The second-order valence-corrected chi connectivity index (χ2v) is 3.84. The number of aryl methyl sites for hydroxylation is 2. The van der Waals surface area contributed by atoms with Crippen molar-refractivity contribution in [3.63, 3.8) is 0 Å². The minimum atomic E-state index is 0.880. The predicted octanol–water partition coefficient (Wildman–Crippen LogP) is 1.05. The zero-order chi connectivity index (χ0) is 11.8. The molecule has 0 saturated heterocycles. The van der Waals surface area contributed by atoms with Crippen LogP contribution in [0.1, 0.15) is 30.8 Å². The molecule has 0 unspecified atom stereocenters. The smallest absolute Gasteiger partial charge is 0.0673 e. The van der Waals surface area contributed by atoms with Gasteiger partial charge in [-0.3, -0.25) is 0 Å². The van der Waals surface area contributed by atoms with Crippen LogP contribution in [0.5, 0.6) is 0 Å². The van der Waals surface area contributed by atoms with Crippen LogP contribution in [0.25, 0.3) is 0 Å². The zero-order valence-corrected chi connectivity index (χ0v) is 10.5. The van der Waals surface area contributed by atoms with Gasteiger partial charge in [-0.2, -0.15) is 10.2 Å². The van der Waals surface area contributed by atoms with Crippen molar-refractivity contribution in [3.8, 4) is 0 Å². The number of aromatic nitrogens is 2. The maximum absolute atomic E-state index is 4.21. The van der Waals surface area contributed by atoms with Gasteiger partial charge in [-0.15, -0.1) is 0 Å². The van der Waals surface area contributed by atoms with Crippen LogP contribution in [-0.2, 0) is 13.0 Å². The van der Waals surface area contributed by atoms with E-state index in [-0.39, 0.29) is 0 Å². The number of rotatable bonds is 7. The highest BCUT2D eigenvalue weighted by molar-refractivity contribution is 5.20. The van der Waals surface area contributed by atoms with Gasteiger partial charge in [0, 0.05) is 19.6 Å². The Morgan fingerprint density at radius 2 is 1.88 bits per heavy atom. The molecule has 90 valence electrons. The summed E-state index contributed by atoms with van der Waals surface area (Å²) in [5, 5.41) is 15.0. The monoisotopic (exact) mass is 222 g/mol. The Morgan fingerprint density at radius 3 is 2.56 bits per heavy atom. The van der Waals surface area contributed by atoms with E-state index in [1.165, 1.54) is 5.56 Å². The van der Waals surface area contributed by atoms with Crippen molar-refractivity contribution in [2.24, 2.45) is 0 Å². The summed E-state index contributed by atoms with van der Waals surface area (Å²) in [5.74, 6) is 0. The maximum Gasteiger partial charge on any atom is 0.0673 e. The van der Waals surface area contributed by atoms with Crippen LogP contribution in [0.4, 0.5) is 0 Å². The second-order valence-electron chi connectivity index (χ2n) is 3.84. The summed E-state index contributed by atoms with van der Waals surface area (Å²) >= 11 is 0. The standard InChI is InChI=1S/C12H22N4/c1-4-12-11(8-10(3)15-16-12)9-14-7-6-13-5-2/h8,13-14H,4-7,9H2,1-3H3. The molecular weight excluding hydrogens is 200 g/mol. The normalized spacial score (nSPS) is 10.7. The minimum absolute atomic E-state index is 0.880. The molecule has 0 fully saturated rings. The molecule has 0 amide bonds. The fourth-order valence-corrected chi connectivity index (χ4v) is 1.60. The van der Waals surface area contributed by atoms with Gasteiger partial charge in [-0.05, 0) is 31.5 Å². The zero-order valence-electron chi connectivity index (χ0n) is 10.5. The third kappa shape index (κ3) is 4.24. The third-order valence-electron chi connectivity index (χ3n) is 2.46. The lowest BCUT2D eigenvalue weighted by atomic mass is 10.1.